The maximum Gasteiger partial charge on any atom is 0.328 e. The van der Waals surface area contributed by atoms with Gasteiger partial charge in [0.05, 0.1) is 36.1 Å². The van der Waals surface area contributed by atoms with E-state index in [1.165, 1.54) is 85.8 Å². The molecule has 2 aliphatic rings. The molecule has 2 heterocycles. The summed E-state index contributed by atoms with van der Waals surface area (Å²) in [5, 5.41) is 42.8. The average molecular weight is 1590 g/mol. The highest BCUT2D eigenvalue weighted by molar-refractivity contribution is 7.90. The lowest BCUT2D eigenvalue weighted by molar-refractivity contribution is -0.388. The number of hydrogen-bond donors (Lipinski definition) is 2. The molecule has 0 radical (unpaired) electrons. The van der Waals surface area contributed by atoms with Crippen molar-refractivity contribution in [2.75, 3.05) is 47.5 Å². The first-order valence-corrected chi connectivity index (χ1v) is 39.1. The number of sulfonamides is 3. The summed E-state index contributed by atoms with van der Waals surface area (Å²) < 4.78 is 99.0. The number of carbonyl (C=O) groups is 6. The van der Waals surface area contributed by atoms with Gasteiger partial charge in [0.25, 0.3) is 37.1 Å². The predicted molar refractivity (Wildman–Crippen MR) is 415 cm³/mol. The number of fused-ring (bicyclic) bond motifs is 3. The molecular weight excluding hydrogens is 1510 g/mol. The van der Waals surface area contributed by atoms with E-state index in [0.717, 1.165) is 94.0 Å². The fourth-order valence-electron chi connectivity index (χ4n) is 13.2. The summed E-state index contributed by atoms with van der Waals surface area (Å²) in [6.45, 7) is 10.3. The molecule has 2 saturated heterocycles. The molecule has 9 aromatic carbocycles. The third kappa shape index (κ3) is 19.5. The lowest BCUT2D eigenvalue weighted by Gasteiger charge is -2.42. The Kier molecular flexibility index (Phi) is 28.0. The molecule has 2 aliphatic heterocycles. The number of esters is 3. The Morgan fingerprint density at radius 1 is 0.446 bits per heavy atom. The lowest BCUT2D eigenvalue weighted by atomic mass is 9.99. The van der Waals surface area contributed by atoms with Crippen molar-refractivity contribution < 1.29 is 83.0 Å². The third-order valence-electron chi connectivity index (χ3n) is 18.6. The molecule has 6 atom stereocenters. The number of nitro groups is 3. The summed E-state index contributed by atoms with van der Waals surface area (Å²) in [5.74, 6) is -3.98. The second-order valence-corrected chi connectivity index (χ2v) is 31.0. The first kappa shape index (κ1) is 83.8. The van der Waals surface area contributed by atoms with E-state index in [1.54, 1.807) is 0 Å². The van der Waals surface area contributed by atoms with Crippen molar-refractivity contribution in [3.05, 3.63) is 285 Å². The number of benzene rings is 9. The Hall–Kier alpha value is -12.3. The van der Waals surface area contributed by atoms with Crippen molar-refractivity contribution in [3.8, 4) is 0 Å². The van der Waals surface area contributed by atoms with Crippen molar-refractivity contribution >= 4 is 115 Å². The molecule has 3 amide bonds. The van der Waals surface area contributed by atoms with Gasteiger partial charge in [-0.05, 0) is 86.5 Å². The van der Waals surface area contributed by atoms with Gasteiger partial charge in [-0.1, -0.05) is 182 Å². The Labute approximate surface area is 645 Å². The van der Waals surface area contributed by atoms with Gasteiger partial charge >= 0.3 is 17.9 Å². The maximum absolute atomic E-state index is 13.7. The highest BCUT2D eigenvalue weighted by atomic mass is 32.2. The van der Waals surface area contributed by atoms with Gasteiger partial charge in [-0.25, -0.2) is 39.6 Å². The maximum atomic E-state index is 13.7. The van der Waals surface area contributed by atoms with E-state index in [-0.39, 0.29) is 64.7 Å². The Morgan fingerprint density at radius 3 is 1.12 bits per heavy atom. The number of nitro benzene ring substituents is 3. The van der Waals surface area contributed by atoms with Crippen LogP contribution in [0.5, 0.6) is 0 Å². The van der Waals surface area contributed by atoms with E-state index in [2.05, 4.69) is 29.8 Å². The van der Waals surface area contributed by atoms with Crippen molar-refractivity contribution in [1.82, 2.24) is 28.4 Å². The summed E-state index contributed by atoms with van der Waals surface area (Å²) >= 11 is 0. The number of ether oxygens (including phenoxy) is 3. The number of methoxy groups -OCH3 is 3. The molecule has 9 aromatic rings. The van der Waals surface area contributed by atoms with Gasteiger partial charge in [0.15, 0.2) is 14.7 Å². The summed E-state index contributed by atoms with van der Waals surface area (Å²) in [6, 6.07) is 48.1. The van der Waals surface area contributed by atoms with Gasteiger partial charge in [-0.3, -0.25) is 44.7 Å². The van der Waals surface area contributed by atoms with Gasteiger partial charge < -0.3 is 29.3 Å². The number of rotatable bonds is 29. The average Bonchev–Trinajstić information content (AvgIpc) is 0.761. The lowest BCUT2D eigenvalue weighted by Crippen LogP contribution is -2.62. The highest BCUT2D eigenvalue weighted by Gasteiger charge is 2.48. The molecule has 2 fully saturated rings. The zero-order valence-electron chi connectivity index (χ0n) is 60.9. The van der Waals surface area contributed by atoms with E-state index >= 15 is 0 Å². The van der Waals surface area contributed by atoms with E-state index in [0.29, 0.717) is 0 Å². The third-order valence-corrected chi connectivity index (χ3v) is 24.1. The predicted octanol–water partition coefficient (Wildman–Crippen LogP) is 9.49. The highest BCUT2D eigenvalue weighted by Crippen LogP contribution is 2.35. The normalized spacial score (nSPS) is 15.8. The van der Waals surface area contributed by atoms with Crippen LogP contribution in [-0.4, -0.2) is 178 Å². The molecule has 584 valence electrons. The summed E-state index contributed by atoms with van der Waals surface area (Å²) in [4.78, 5) is 112. The molecule has 0 aliphatic carbocycles. The minimum Gasteiger partial charge on any atom is -0.467 e. The molecular formula is C79H79N9O21S3. The zero-order valence-corrected chi connectivity index (χ0v) is 63.3. The quantitative estimate of drug-likeness (QED) is 0.0145. The van der Waals surface area contributed by atoms with Gasteiger partial charge in [0, 0.05) is 63.6 Å². The minimum atomic E-state index is -4.46. The van der Waals surface area contributed by atoms with Crippen molar-refractivity contribution in [2.24, 2.45) is 0 Å². The molecule has 33 heteroatoms. The van der Waals surface area contributed by atoms with E-state index in [1.807, 2.05) is 127 Å². The van der Waals surface area contributed by atoms with Crippen LogP contribution in [0.15, 0.2) is 253 Å². The van der Waals surface area contributed by atoms with Gasteiger partial charge in [-0.15, -0.1) is 19.7 Å². The minimum absolute atomic E-state index is 0.0426. The zero-order chi connectivity index (χ0) is 81.2. The SMILES string of the molecule is C=CC[C@H](NS(=O)(=O)c1ccccc1[N+](=O)[O-])C(=O)N[C@@H](Cc1ccc2ccccc2c1)C(=O)OC.C=CC[C@H]1C(=O)N([C@@H](Cc2ccc3ccccc3c2)C(=O)OC)CCN1S(=O)(=O)c1ccccc1[N+](=O)[O-].C=CC[C@H]1C(=O)N([C@@H](Cc2ccc3ccccc3c2)C(=O)OC)CCN1S(=O)(=O)c1ccccc1[N+](=O)[O-]. The number of hydrogen-bond acceptors (Lipinski definition) is 21. The number of carbonyl (C=O) groups excluding carboxylic acids is 6. The molecule has 112 heavy (non-hydrogen) atoms. The molecule has 0 saturated carbocycles. The van der Waals surface area contributed by atoms with E-state index in [9.17, 15) is 84.4 Å². The summed E-state index contributed by atoms with van der Waals surface area (Å²) in [7, 11) is -9.66. The first-order valence-electron chi connectivity index (χ1n) is 34.7. The van der Waals surface area contributed by atoms with Crippen LogP contribution >= 0.6 is 0 Å². The largest absolute Gasteiger partial charge is 0.467 e. The molecule has 30 nitrogen and oxygen atoms in total. The smallest absolute Gasteiger partial charge is 0.328 e. The van der Waals surface area contributed by atoms with Crippen LogP contribution in [0.2, 0.25) is 0 Å². The van der Waals surface area contributed by atoms with Crippen LogP contribution in [0.4, 0.5) is 17.1 Å². The van der Waals surface area contributed by atoms with Crippen molar-refractivity contribution in [1.29, 1.82) is 0 Å². The van der Waals surface area contributed by atoms with Crippen LogP contribution in [0.1, 0.15) is 36.0 Å². The molecule has 0 aromatic heterocycles. The number of nitrogens with zero attached hydrogens (tertiary/aromatic N) is 7. The fraction of sp³-hybridized carbons (Fsp3) is 0.241. The second-order valence-electron chi connectivity index (χ2n) is 25.6. The van der Waals surface area contributed by atoms with Crippen LogP contribution in [-0.2, 0) is 92.3 Å². The van der Waals surface area contributed by atoms with Crippen LogP contribution < -0.4 is 10.0 Å². The number of piperazine rings is 2. The Bertz CT molecular complexity index is 5250. The van der Waals surface area contributed by atoms with E-state index < -0.39 is 148 Å². The topological polar surface area (TPSA) is 399 Å². The number of nitrogens with one attached hydrogen (secondary N) is 2. The first-order chi connectivity index (χ1) is 53.5. The van der Waals surface area contributed by atoms with Crippen molar-refractivity contribution in [2.45, 2.75) is 89.5 Å². The van der Waals surface area contributed by atoms with E-state index in [4.69, 9.17) is 14.2 Å². The Morgan fingerprint density at radius 2 is 0.777 bits per heavy atom. The van der Waals surface area contributed by atoms with Gasteiger partial charge in [-0.2, -0.15) is 13.3 Å². The monoisotopic (exact) mass is 1590 g/mol. The van der Waals surface area contributed by atoms with Gasteiger partial charge in [0.2, 0.25) is 27.7 Å². The van der Waals surface area contributed by atoms with Crippen LogP contribution in [0, 0.1) is 30.3 Å². The molecule has 0 unspecified atom stereocenters. The van der Waals surface area contributed by atoms with Crippen molar-refractivity contribution in [3.63, 3.8) is 0 Å². The molecule has 11 rings (SSSR count). The Balaban J connectivity index is 0.000000193. The summed E-state index contributed by atoms with van der Waals surface area (Å²) in [6.07, 6.45) is 4.36. The van der Waals surface area contributed by atoms with Crippen LogP contribution in [0.3, 0.4) is 0 Å². The molecule has 0 bridgehead atoms. The van der Waals surface area contributed by atoms with Gasteiger partial charge in [0.1, 0.15) is 36.3 Å². The molecule has 2 N–H and O–H groups in total. The standard InChI is InChI=1S/2C27H27N3O7S.C25H25N3O7S/c2*1-3-8-23-26(31)28(15-16-29(23)38(35,36)25-12-7-6-11-22(25)30(33)34)24(27(32)37-2)18-19-13-14-20-9-4-5-10-21(20)17-19;1-3-8-20(27-36(33,34)23-12-7-6-11-22(23)28(31)32)24(29)26-21(25(30)35-2)16-17-13-14-18-9-4-5-10-19(18)15-17/h2*3-7,9-14,17,23-24H,1,8,15-16,18H2,2H3;3-7,9-15,20-21,27H,1,8,16H2,2H3,(H,26,29)/t2*23-,24-;20-,21-/m000/s1. The van der Waals surface area contributed by atoms with Crippen LogP contribution in [0.25, 0.3) is 32.3 Å². The number of para-hydroxylation sites is 3. The number of amides is 3. The molecule has 0 spiro atoms. The fourth-order valence-corrected chi connectivity index (χ4v) is 18.1. The summed E-state index contributed by atoms with van der Waals surface area (Å²) in [5.41, 5.74) is 0.577. The second kappa shape index (κ2) is 37.4.